The molecule has 2 aromatic carbocycles. The fourth-order valence-corrected chi connectivity index (χ4v) is 2.53. The first-order valence-electron chi connectivity index (χ1n) is 7.56. The van der Waals surface area contributed by atoms with Crippen molar-refractivity contribution in [3.63, 3.8) is 0 Å². The minimum absolute atomic E-state index is 0.0777. The van der Waals surface area contributed by atoms with Gasteiger partial charge in [-0.25, -0.2) is 8.78 Å². The molecule has 4 nitrogen and oxygen atoms in total. The third kappa shape index (κ3) is 4.79. The monoisotopic (exact) mass is 410 g/mol. The summed E-state index contributed by atoms with van der Waals surface area (Å²) >= 11 is 3.34. The molecule has 0 aliphatic rings. The molecule has 25 heavy (non-hydrogen) atoms. The topological polar surface area (TPSA) is 50.4 Å². The van der Waals surface area contributed by atoms with Crippen molar-refractivity contribution in [2.75, 3.05) is 5.32 Å². The van der Waals surface area contributed by atoms with Crippen molar-refractivity contribution in [3.8, 4) is 0 Å². The Balaban J connectivity index is 2.33. The van der Waals surface area contributed by atoms with Crippen LogP contribution in [0, 0.1) is 18.6 Å². The van der Waals surface area contributed by atoms with E-state index in [1.54, 1.807) is 18.2 Å². The normalized spacial score (nSPS) is 10.8. The van der Waals surface area contributed by atoms with Crippen LogP contribution in [0.5, 0.6) is 0 Å². The zero-order chi connectivity index (χ0) is 18.4. The molecule has 2 N–H and O–H groups in total. The summed E-state index contributed by atoms with van der Waals surface area (Å²) in [5, 5.41) is 2.79. The maximum atomic E-state index is 14.3. The molecular formula is C18H17BrF2N2O2. The van der Waals surface area contributed by atoms with Crippen LogP contribution < -0.4 is 10.8 Å². The number of carbonyl (C=O) groups is 1. The highest BCUT2D eigenvalue weighted by atomic mass is 79.9. The summed E-state index contributed by atoms with van der Waals surface area (Å²) in [4.78, 5) is 17.1. The second kappa shape index (κ2) is 8.62. The van der Waals surface area contributed by atoms with Crippen molar-refractivity contribution >= 4 is 33.2 Å². The van der Waals surface area contributed by atoms with Crippen molar-refractivity contribution in [3.05, 3.63) is 69.9 Å². The quantitative estimate of drug-likeness (QED) is 0.497. The third-order valence-electron chi connectivity index (χ3n) is 3.34. The van der Waals surface area contributed by atoms with E-state index < -0.39 is 17.5 Å². The van der Waals surface area contributed by atoms with E-state index >= 15 is 0 Å². The summed E-state index contributed by atoms with van der Waals surface area (Å²) < 4.78 is 28.8. The van der Waals surface area contributed by atoms with Gasteiger partial charge in [-0.3, -0.25) is 4.79 Å². The van der Waals surface area contributed by atoms with Crippen LogP contribution in [0.25, 0.3) is 0 Å². The molecule has 2 aromatic rings. The molecule has 0 aromatic heterocycles. The van der Waals surface area contributed by atoms with Gasteiger partial charge in [-0.05, 0) is 55.3 Å². The number of benzene rings is 2. The SMILES string of the molecule is CCC=CONC(=O)c1ccc(F)c(F)c1Nc1ccc(Br)cc1C. The van der Waals surface area contributed by atoms with E-state index in [0.29, 0.717) is 5.69 Å². The average Bonchev–Trinajstić information content (AvgIpc) is 2.58. The number of rotatable bonds is 6. The molecule has 0 fully saturated rings. The number of hydroxylamine groups is 1. The predicted octanol–water partition coefficient (Wildman–Crippen LogP) is 5.36. The van der Waals surface area contributed by atoms with Crippen LogP contribution in [0.3, 0.4) is 0 Å². The lowest BCUT2D eigenvalue weighted by Gasteiger charge is -2.15. The van der Waals surface area contributed by atoms with Gasteiger partial charge in [0.15, 0.2) is 11.6 Å². The molecule has 2 rings (SSSR count). The van der Waals surface area contributed by atoms with E-state index in [0.717, 1.165) is 22.5 Å². The number of allylic oxidation sites excluding steroid dienone is 1. The largest absolute Gasteiger partial charge is 0.387 e. The summed E-state index contributed by atoms with van der Waals surface area (Å²) in [6.45, 7) is 3.71. The Hall–Kier alpha value is -2.41. The summed E-state index contributed by atoms with van der Waals surface area (Å²) in [6, 6.07) is 7.36. The van der Waals surface area contributed by atoms with Crippen LogP contribution in [0.2, 0.25) is 0 Å². The fraction of sp³-hybridized carbons (Fsp3) is 0.167. The molecule has 132 valence electrons. The van der Waals surface area contributed by atoms with Gasteiger partial charge in [0, 0.05) is 10.2 Å². The number of aryl methyl sites for hydroxylation is 1. The van der Waals surface area contributed by atoms with Gasteiger partial charge in [-0.15, -0.1) is 0 Å². The van der Waals surface area contributed by atoms with E-state index in [1.165, 1.54) is 12.3 Å². The second-order valence-electron chi connectivity index (χ2n) is 5.20. The minimum Gasteiger partial charge on any atom is -0.387 e. The van der Waals surface area contributed by atoms with Gasteiger partial charge in [-0.1, -0.05) is 22.9 Å². The van der Waals surface area contributed by atoms with Gasteiger partial charge in [-0.2, -0.15) is 5.48 Å². The molecule has 0 saturated heterocycles. The maximum Gasteiger partial charge on any atom is 0.286 e. The standard InChI is InChI=1S/C18H17BrF2N2O2/c1-3-4-9-25-23-18(24)13-6-7-14(20)16(21)17(13)22-15-8-5-12(19)10-11(15)2/h4-10,22H,3H2,1-2H3,(H,23,24). The first-order valence-corrected chi connectivity index (χ1v) is 8.35. The zero-order valence-electron chi connectivity index (χ0n) is 13.7. The smallest absolute Gasteiger partial charge is 0.286 e. The predicted molar refractivity (Wildman–Crippen MR) is 96.5 cm³/mol. The molecule has 0 aliphatic carbocycles. The van der Waals surface area contributed by atoms with Crippen molar-refractivity contribution in [2.24, 2.45) is 0 Å². The number of hydrogen-bond donors (Lipinski definition) is 2. The molecule has 0 heterocycles. The van der Waals surface area contributed by atoms with Crippen molar-refractivity contribution < 1.29 is 18.4 Å². The number of anilines is 2. The summed E-state index contributed by atoms with van der Waals surface area (Å²) in [6.07, 6.45) is 3.73. The van der Waals surface area contributed by atoms with Gasteiger partial charge in [0.1, 0.15) is 6.26 Å². The number of nitrogens with one attached hydrogen (secondary N) is 2. The lowest BCUT2D eigenvalue weighted by molar-refractivity contribution is 0.0654. The van der Waals surface area contributed by atoms with Crippen LogP contribution in [-0.2, 0) is 4.84 Å². The molecule has 0 unspecified atom stereocenters. The van der Waals surface area contributed by atoms with Gasteiger partial charge in [0.2, 0.25) is 0 Å². The van der Waals surface area contributed by atoms with Gasteiger partial charge in [0.25, 0.3) is 5.91 Å². The molecular weight excluding hydrogens is 394 g/mol. The van der Waals surface area contributed by atoms with Crippen LogP contribution in [0.4, 0.5) is 20.2 Å². The van der Waals surface area contributed by atoms with E-state index in [-0.39, 0.29) is 11.3 Å². The molecule has 0 atom stereocenters. The lowest BCUT2D eigenvalue weighted by Crippen LogP contribution is -2.23. The molecule has 0 radical (unpaired) electrons. The van der Waals surface area contributed by atoms with Crippen LogP contribution >= 0.6 is 15.9 Å². The average molecular weight is 411 g/mol. The Morgan fingerprint density at radius 3 is 2.72 bits per heavy atom. The Morgan fingerprint density at radius 1 is 1.28 bits per heavy atom. The lowest BCUT2D eigenvalue weighted by atomic mass is 10.1. The second-order valence-corrected chi connectivity index (χ2v) is 6.11. The summed E-state index contributed by atoms with van der Waals surface area (Å²) in [7, 11) is 0. The van der Waals surface area contributed by atoms with E-state index in [9.17, 15) is 13.6 Å². The highest BCUT2D eigenvalue weighted by Gasteiger charge is 2.19. The first-order chi connectivity index (χ1) is 11.9. The Morgan fingerprint density at radius 2 is 2.04 bits per heavy atom. The van der Waals surface area contributed by atoms with Gasteiger partial charge >= 0.3 is 0 Å². The molecule has 0 saturated carbocycles. The van der Waals surface area contributed by atoms with E-state index in [1.807, 2.05) is 19.9 Å². The molecule has 7 heteroatoms. The van der Waals surface area contributed by atoms with Crippen LogP contribution in [0.15, 0.2) is 47.1 Å². The highest BCUT2D eigenvalue weighted by Crippen LogP contribution is 2.29. The first kappa shape index (κ1) is 18.9. The van der Waals surface area contributed by atoms with Crippen LogP contribution in [-0.4, -0.2) is 5.91 Å². The fourth-order valence-electron chi connectivity index (χ4n) is 2.05. The van der Waals surface area contributed by atoms with Crippen molar-refractivity contribution in [1.82, 2.24) is 5.48 Å². The Bertz CT molecular complexity index is 810. The molecule has 0 aliphatic heterocycles. The highest BCUT2D eigenvalue weighted by molar-refractivity contribution is 9.10. The van der Waals surface area contributed by atoms with Crippen LogP contribution in [0.1, 0.15) is 29.3 Å². The van der Waals surface area contributed by atoms with E-state index in [4.69, 9.17) is 4.84 Å². The number of halogens is 3. The van der Waals surface area contributed by atoms with Gasteiger partial charge < -0.3 is 10.2 Å². The number of carbonyl (C=O) groups excluding carboxylic acids is 1. The zero-order valence-corrected chi connectivity index (χ0v) is 15.3. The minimum atomic E-state index is -1.14. The summed E-state index contributed by atoms with van der Waals surface area (Å²) in [5.74, 6) is -2.89. The number of hydrogen-bond acceptors (Lipinski definition) is 3. The molecule has 0 bridgehead atoms. The Kier molecular flexibility index (Phi) is 6.52. The van der Waals surface area contributed by atoms with Crippen molar-refractivity contribution in [2.45, 2.75) is 20.3 Å². The maximum absolute atomic E-state index is 14.3. The summed E-state index contributed by atoms with van der Waals surface area (Å²) in [5.41, 5.74) is 3.18. The van der Waals surface area contributed by atoms with Crippen molar-refractivity contribution in [1.29, 1.82) is 0 Å². The molecule has 0 spiro atoms. The van der Waals surface area contributed by atoms with Gasteiger partial charge in [0.05, 0.1) is 11.3 Å². The third-order valence-corrected chi connectivity index (χ3v) is 3.83. The Labute approximate surface area is 153 Å². The number of amides is 1. The van der Waals surface area contributed by atoms with E-state index in [2.05, 4.69) is 26.7 Å². The molecule has 1 amide bonds.